The molecule has 0 saturated heterocycles. The molecule has 0 aromatic carbocycles. The lowest BCUT2D eigenvalue weighted by molar-refractivity contribution is 0.288. The lowest BCUT2D eigenvalue weighted by atomic mass is 9.85. The van der Waals surface area contributed by atoms with Gasteiger partial charge in [-0.2, -0.15) is 0 Å². The van der Waals surface area contributed by atoms with E-state index in [2.05, 4.69) is 0 Å². The van der Waals surface area contributed by atoms with Gasteiger partial charge in [-0.3, -0.25) is 0 Å². The normalized spacial score (nSPS) is 72.0. The van der Waals surface area contributed by atoms with Gasteiger partial charge in [0.1, 0.15) is 0 Å². The number of rotatable bonds is 0. The van der Waals surface area contributed by atoms with Gasteiger partial charge in [0.25, 0.3) is 0 Å². The van der Waals surface area contributed by atoms with Crippen LogP contribution in [0.3, 0.4) is 0 Å². The summed E-state index contributed by atoms with van der Waals surface area (Å²) in [6.07, 6.45) is 6.43. The van der Waals surface area contributed by atoms with E-state index in [1.165, 1.54) is 11.8 Å². The minimum absolute atomic E-state index is 1.00. The highest BCUT2D eigenvalue weighted by Gasteiger charge is 2.70. The molecule has 0 amide bonds. The van der Waals surface area contributed by atoms with Gasteiger partial charge in [0.05, 0.1) is 0 Å². The van der Waals surface area contributed by atoms with E-state index >= 15 is 0 Å². The lowest BCUT2D eigenvalue weighted by Gasteiger charge is -2.20. The van der Waals surface area contributed by atoms with Crippen LogP contribution in [0, 0.1) is 17.3 Å². The summed E-state index contributed by atoms with van der Waals surface area (Å²) >= 11 is 0. The highest BCUT2D eigenvalue weighted by Crippen LogP contribution is 2.79. The smallest absolute Gasteiger partial charge is 0.0261 e. The molecule has 2 bridgehead atoms. The van der Waals surface area contributed by atoms with E-state index in [0.717, 1.165) is 5.41 Å². The van der Waals surface area contributed by atoms with Crippen LogP contribution in [0.5, 0.6) is 0 Å². The Hall–Kier alpha value is 0. The average molecular weight is 94.2 g/mol. The molecule has 0 radical (unpaired) electrons. The van der Waals surface area contributed by atoms with Gasteiger partial charge in [0.15, 0.2) is 0 Å². The zero-order valence-electron chi connectivity index (χ0n) is 4.48. The highest BCUT2D eigenvalue weighted by atomic mass is 14.7. The van der Waals surface area contributed by atoms with Crippen molar-refractivity contribution >= 4 is 0 Å². The van der Waals surface area contributed by atoms with Crippen molar-refractivity contribution in [1.29, 1.82) is 0 Å². The van der Waals surface area contributed by atoms with E-state index in [1.807, 2.05) is 0 Å². The second-order valence-electron chi connectivity index (χ2n) is 3.68. The molecule has 0 aliphatic heterocycles. The van der Waals surface area contributed by atoms with Crippen LogP contribution in [-0.2, 0) is 0 Å². The molecule has 7 heavy (non-hydrogen) atoms. The van der Waals surface area contributed by atoms with E-state index in [-0.39, 0.29) is 0 Å². The number of hydrogen-bond donors (Lipinski definition) is 0. The summed E-state index contributed by atoms with van der Waals surface area (Å²) in [5, 5.41) is 0. The Bertz CT molecular complexity index is 122. The molecule has 4 aliphatic carbocycles. The molecule has 1 spiro atoms. The monoisotopic (exact) mass is 94.1 g/mol. The Balaban J connectivity index is 2.16. The Labute approximate surface area is 43.9 Å². The van der Waals surface area contributed by atoms with Gasteiger partial charge < -0.3 is 0 Å². The van der Waals surface area contributed by atoms with Crippen molar-refractivity contribution in [3.05, 3.63) is 0 Å². The van der Waals surface area contributed by atoms with Crippen LogP contribution in [0.15, 0.2) is 0 Å². The second-order valence-corrected chi connectivity index (χ2v) is 3.68. The molecule has 0 N–H and O–H groups in total. The minimum atomic E-state index is 1.00. The zero-order valence-corrected chi connectivity index (χ0v) is 4.48. The van der Waals surface area contributed by atoms with Gasteiger partial charge in [0, 0.05) is 0 Å². The van der Waals surface area contributed by atoms with E-state index in [4.69, 9.17) is 0 Å². The summed E-state index contributed by atoms with van der Waals surface area (Å²) in [5.74, 6) is 2.48. The predicted molar refractivity (Wildman–Crippen MR) is 27.9 cm³/mol. The Kier molecular flexibility index (Phi) is 0.260. The van der Waals surface area contributed by atoms with Gasteiger partial charge in [-0.1, -0.05) is 0 Å². The van der Waals surface area contributed by atoms with Crippen LogP contribution in [0.25, 0.3) is 0 Å². The maximum atomic E-state index is 1.62. The van der Waals surface area contributed by atoms with Crippen LogP contribution >= 0.6 is 0 Å². The van der Waals surface area contributed by atoms with E-state index in [1.54, 1.807) is 25.7 Å². The van der Waals surface area contributed by atoms with Crippen LogP contribution in [-0.4, -0.2) is 0 Å². The maximum Gasteiger partial charge on any atom is -0.0261 e. The molecule has 38 valence electrons. The van der Waals surface area contributed by atoms with Crippen molar-refractivity contribution in [1.82, 2.24) is 0 Å². The van der Waals surface area contributed by atoms with Crippen molar-refractivity contribution in [2.75, 3.05) is 0 Å². The first-order valence-electron chi connectivity index (χ1n) is 3.41. The molecule has 0 heterocycles. The van der Waals surface area contributed by atoms with Crippen LogP contribution in [0.2, 0.25) is 0 Å². The average Bonchev–Trinajstić information content (AvgIpc) is 2.04. The number of hydrogen-bond acceptors (Lipinski definition) is 0. The molecule has 4 fully saturated rings. The molecule has 0 heteroatoms. The molecular weight excluding hydrogens is 84.1 g/mol. The first-order valence-corrected chi connectivity index (χ1v) is 3.41. The van der Waals surface area contributed by atoms with Crippen molar-refractivity contribution in [2.45, 2.75) is 25.7 Å². The fourth-order valence-electron chi connectivity index (χ4n) is 2.95. The summed E-state index contributed by atoms with van der Waals surface area (Å²) in [6, 6.07) is 0. The van der Waals surface area contributed by atoms with Crippen molar-refractivity contribution in [3.63, 3.8) is 0 Å². The molecule has 4 saturated carbocycles. The SMILES string of the molecule is C1CC23CC1[C@H]2C3. The van der Waals surface area contributed by atoms with Crippen LogP contribution in [0.4, 0.5) is 0 Å². The largest absolute Gasteiger partial charge is 0.0496 e. The topological polar surface area (TPSA) is 0 Å². The number of fused-ring (bicyclic) bond motifs is 1. The maximum absolute atomic E-state index is 1.62. The molecular formula is C7H10. The third-order valence-electron chi connectivity index (χ3n) is 3.50. The molecule has 0 aromatic rings. The Morgan fingerprint density at radius 2 is 2.29 bits per heavy atom. The molecule has 2 unspecified atom stereocenters. The van der Waals surface area contributed by atoms with Crippen molar-refractivity contribution in [3.8, 4) is 0 Å². The fraction of sp³-hybridized carbons (Fsp3) is 1.00. The minimum Gasteiger partial charge on any atom is -0.0496 e. The summed E-state index contributed by atoms with van der Waals surface area (Å²) in [6.45, 7) is 0. The van der Waals surface area contributed by atoms with Crippen molar-refractivity contribution in [2.24, 2.45) is 17.3 Å². The van der Waals surface area contributed by atoms with E-state index in [9.17, 15) is 0 Å². The molecule has 0 nitrogen and oxygen atoms in total. The standard InChI is InChI=1S/C7H10/c1-2-7-3-5(1)6(7)4-7/h5-6H,1-4H2/t5?,6-,7?/m1/s1. The van der Waals surface area contributed by atoms with Gasteiger partial charge >= 0.3 is 0 Å². The molecule has 4 aliphatic rings. The van der Waals surface area contributed by atoms with Gasteiger partial charge in [-0.25, -0.2) is 0 Å². The fourth-order valence-corrected chi connectivity index (χ4v) is 2.95. The second kappa shape index (κ2) is 0.586. The quantitative estimate of drug-likeness (QED) is 0.429. The Morgan fingerprint density at radius 3 is 2.43 bits per heavy atom. The van der Waals surface area contributed by atoms with E-state index in [0.29, 0.717) is 0 Å². The third-order valence-corrected chi connectivity index (χ3v) is 3.50. The van der Waals surface area contributed by atoms with Gasteiger partial charge in [0.2, 0.25) is 0 Å². The summed E-state index contributed by atoms with van der Waals surface area (Å²) < 4.78 is 0. The lowest BCUT2D eigenvalue weighted by Crippen LogP contribution is -2.13. The predicted octanol–water partition coefficient (Wildman–Crippen LogP) is 1.81. The van der Waals surface area contributed by atoms with Gasteiger partial charge in [-0.15, -0.1) is 0 Å². The van der Waals surface area contributed by atoms with Crippen LogP contribution < -0.4 is 0 Å². The highest BCUT2D eigenvalue weighted by molar-refractivity contribution is 5.20. The molecule has 0 aromatic heterocycles. The summed E-state index contributed by atoms with van der Waals surface area (Å²) in [4.78, 5) is 0. The first kappa shape index (κ1) is 3.11. The van der Waals surface area contributed by atoms with E-state index < -0.39 is 0 Å². The molecule has 4 rings (SSSR count). The third kappa shape index (κ3) is 0.167. The molecule has 3 atom stereocenters. The summed E-state index contributed by atoms with van der Waals surface area (Å²) in [5.41, 5.74) is 1.00. The van der Waals surface area contributed by atoms with Crippen LogP contribution in [0.1, 0.15) is 25.7 Å². The summed E-state index contributed by atoms with van der Waals surface area (Å²) in [7, 11) is 0. The van der Waals surface area contributed by atoms with Gasteiger partial charge in [-0.05, 0) is 42.9 Å². The zero-order chi connectivity index (χ0) is 4.48. The first-order chi connectivity index (χ1) is 3.41. The Morgan fingerprint density at radius 1 is 1.29 bits per heavy atom. The van der Waals surface area contributed by atoms with Crippen molar-refractivity contribution < 1.29 is 0 Å².